The van der Waals surface area contributed by atoms with Gasteiger partial charge in [0.15, 0.2) is 0 Å². The molecule has 1 atom stereocenters. The Kier molecular flexibility index (Phi) is 4.27. The summed E-state index contributed by atoms with van der Waals surface area (Å²) in [5.41, 5.74) is 1.05. The quantitative estimate of drug-likeness (QED) is 0.635. The van der Waals surface area contributed by atoms with Crippen molar-refractivity contribution in [3.05, 3.63) is 96.6 Å². The third-order valence-electron chi connectivity index (χ3n) is 4.11. The Morgan fingerprint density at radius 3 is 1.41 bits per heavy atom. The second-order valence-electron chi connectivity index (χ2n) is 5.42. The fraction of sp³-hybridized carbons (Fsp3) is 0.100. The van der Waals surface area contributed by atoms with Gasteiger partial charge in [-0.25, -0.2) is 0 Å². The van der Waals surface area contributed by atoms with Crippen LogP contribution in [0.5, 0.6) is 0 Å². The van der Waals surface area contributed by atoms with Crippen molar-refractivity contribution in [3.63, 3.8) is 0 Å². The highest BCUT2D eigenvalue weighted by Gasteiger charge is 2.34. The molecule has 0 saturated carbocycles. The first-order valence-corrected chi connectivity index (χ1v) is 9.26. The largest absolute Gasteiger partial charge is 0.313 e. The van der Waals surface area contributed by atoms with Crippen LogP contribution in [0.25, 0.3) is 0 Å². The van der Waals surface area contributed by atoms with Crippen molar-refractivity contribution in [2.24, 2.45) is 0 Å². The monoisotopic (exact) mass is 306 g/mol. The maximum atomic E-state index is 14.1. The summed E-state index contributed by atoms with van der Waals surface area (Å²) in [6, 6.07) is 29.8. The molecule has 22 heavy (non-hydrogen) atoms. The molecule has 0 N–H and O–H groups in total. The molecule has 0 amide bonds. The van der Waals surface area contributed by atoms with Gasteiger partial charge in [0.25, 0.3) is 0 Å². The zero-order valence-electron chi connectivity index (χ0n) is 12.6. The Balaban J connectivity index is 2.18. The van der Waals surface area contributed by atoms with Gasteiger partial charge < -0.3 is 4.57 Å². The molecule has 0 aliphatic heterocycles. The highest BCUT2D eigenvalue weighted by Crippen LogP contribution is 2.56. The number of rotatable bonds is 4. The molecule has 0 heterocycles. The third-order valence-corrected chi connectivity index (χ3v) is 7.63. The van der Waals surface area contributed by atoms with Crippen LogP contribution < -0.4 is 10.6 Å². The van der Waals surface area contributed by atoms with Gasteiger partial charge in [-0.1, -0.05) is 97.9 Å². The van der Waals surface area contributed by atoms with E-state index in [9.17, 15) is 4.57 Å². The number of hydrogen-bond donors (Lipinski definition) is 0. The van der Waals surface area contributed by atoms with Crippen molar-refractivity contribution >= 4 is 17.8 Å². The number of benzene rings is 3. The molecule has 1 unspecified atom stereocenters. The summed E-state index contributed by atoms with van der Waals surface area (Å²) in [6.07, 6.45) is 0. The van der Waals surface area contributed by atoms with E-state index in [0.717, 1.165) is 16.2 Å². The normalized spacial score (nSPS) is 12.8. The first-order chi connectivity index (χ1) is 10.7. The van der Waals surface area contributed by atoms with Gasteiger partial charge in [-0.2, -0.15) is 0 Å². The minimum absolute atomic E-state index is 0.0569. The Bertz CT molecular complexity index is 723. The lowest BCUT2D eigenvalue weighted by atomic mass is 10.2. The molecule has 0 radical (unpaired) electrons. The maximum absolute atomic E-state index is 14.1. The molecule has 0 bridgehead atoms. The van der Waals surface area contributed by atoms with E-state index in [2.05, 4.69) is 19.1 Å². The van der Waals surface area contributed by atoms with Gasteiger partial charge >= 0.3 is 0 Å². The molecule has 2 heteroatoms. The molecule has 3 rings (SSSR count). The van der Waals surface area contributed by atoms with Gasteiger partial charge in [0.1, 0.15) is 7.14 Å². The first kappa shape index (κ1) is 14.8. The first-order valence-electron chi connectivity index (χ1n) is 7.49. The van der Waals surface area contributed by atoms with E-state index in [-0.39, 0.29) is 5.66 Å². The van der Waals surface area contributed by atoms with Gasteiger partial charge in [0.05, 0.1) is 0 Å². The van der Waals surface area contributed by atoms with Crippen LogP contribution in [0.15, 0.2) is 91.0 Å². The minimum atomic E-state index is -2.74. The Morgan fingerprint density at radius 1 is 0.636 bits per heavy atom. The van der Waals surface area contributed by atoms with E-state index in [1.807, 2.05) is 78.9 Å². The van der Waals surface area contributed by atoms with E-state index in [4.69, 9.17) is 0 Å². The van der Waals surface area contributed by atoms with Crippen molar-refractivity contribution in [3.8, 4) is 0 Å². The van der Waals surface area contributed by atoms with E-state index in [1.54, 1.807) is 0 Å². The lowest BCUT2D eigenvalue weighted by Crippen LogP contribution is -2.20. The molecular weight excluding hydrogens is 287 g/mol. The molecule has 0 aliphatic carbocycles. The summed E-state index contributed by atoms with van der Waals surface area (Å²) in [4.78, 5) is 0. The second-order valence-corrected chi connectivity index (χ2v) is 8.54. The molecule has 3 aromatic carbocycles. The minimum Gasteiger partial charge on any atom is -0.313 e. The average Bonchev–Trinajstić information content (AvgIpc) is 2.62. The van der Waals surface area contributed by atoms with E-state index in [1.165, 1.54) is 0 Å². The zero-order chi connectivity index (χ0) is 15.4. The summed E-state index contributed by atoms with van der Waals surface area (Å²) in [6.45, 7) is 2.07. The summed E-state index contributed by atoms with van der Waals surface area (Å²) >= 11 is 0. The van der Waals surface area contributed by atoms with Gasteiger partial charge in [-0.15, -0.1) is 0 Å². The van der Waals surface area contributed by atoms with Crippen molar-refractivity contribution in [1.82, 2.24) is 0 Å². The molecule has 0 aliphatic rings. The molecule has 0 saturated heterocycles. The average molecular weight is 306 g/mol. The van der Waals surface area contributed by atoms with Crippen LogP contribution in [0.4, 0.5) is 0 Å². The topological polar surface area (TPSA) is 17.1 Å². The summed E-state index contributed by atoms with van der Waals surface area (Å²) in [5, 5.41) is 1.83. The summed E-state index contributed by atoms with van der Waals surface area (Å²) < 4.78 is 14.1. The van der Waals surface area contributed by atoms with Gasteiger partial charge in [0.2, 0.25) is 0 Å². The fourth-order valence-electron chi connectivity index (χ4n) is 2.84. The maximum Gasteiger partial charge on any atom is 0.150 e. The standard InChI is InChI=1S/C20H19OP/c1-17(18-11-5-2-6-12-18)22(21,19-13-7-3-8-14-19)20-15-9-4-10-16-20/h2-17H,1H3. The molecule has 3 aromatic rings. The van der Waals surface area contributed by atoms with Crippen LogP contribution in [0, 0.1) is 0 Å². The Hall–Kier alpha value is -2.11. The van der Waals surface area contributed by atoms with Gasteiger partial charge in [-0.05, 0) is 5.56 Å². The lowest BCUT2D eigenvalue weighted by molar-refractivity contribution is 0.581. The van der Waals surface area contributed by atoms with Gasteiger partial charge in [-0.3, -0.25) is 0 Å². The zero-order valence-corrected chi connectivity index (χ0v) is 13.5. The van der Waals surface area contributed by atoms with Crippen molar-refractivity contribution < 1.29 is 4.57 Å². The van der Waals surface area contributed by atoms with Crippen LogP contribution in [0.2, 0.25) is 0 Å². The molecule has 0 aromatic heterocycles. The van der Waals surface area contributed by atoms with Gasteiger partial charge in [0, 0.05) is 16.3 Å². The van der Waals surface area contributed by atoms with Crippen molar-refractivity contribution in [2.45, 2.75) is 12.6 Å². The SMILES string of the molecule is CC(c1ccccc1)P(=O)(c1ccccc1)c1ccccc1. The second kappa shape index (κ2) is 6.34. The van der Waals surface area contributed by atoms with Crippen LogP contribution in [0.3, 0.4) is 0 Å². The van der Waals surface area contributed by atoms with Crippen LogP contribution in [-0.4, -0.2) is 0 Å². The Morgan fingerprint density at radius 2 is 1.00 bits per heavy atom. The predicted molar refractivity (Wildman–Crippen MR) is 94.6 cm³/mol. The predicted octanol–water partition coefficient (Wildman–Crippen LogP) is 4.76. The smallest absolute Gasteiger partial charge is 0.150 e. The van der Waals surface area contributed by atoms with E-state index >= 15 is 0 Å². The molecule has 0 fully saturated rings. The fourth-order valence-corrected chi connectivity index (χ4v) is 5.85. The van der Waals surface area contributed by atoms with Crippen LogP contribution in [-0.2, 0) is 4.57 Å². The van der Waals surface area contributed by atoms with Crippen molar-refractivity contribution in [1.29, 1.82) is 0 Å². The number of hydrogen-bond acceptors (Lipinski definition) is 1. The van der Waals surface area contributed by atoms with E-state index < -0.39 is 7.14 Å². The Labute approximate surface area is 132 Å². The van der Waals surface area contributed by atoms with E-state index in [0.29, 0.717) is 0 Å². The summed E-state index contributed by atoms with van der Waals surface area (Å²) in [5.74, 6) is 0. The molecule has 1 nitrogen and oxygen atoms in total. The highest BCUT2D eigenvalue weighted by molar-refractivity contribution is 7.79. The third kappa shape index (κ3) is 2.65. The highest BCUT2D eigenvalue weighted by atomic mass is 31.2. The lowest BCUT2D eigenvalue weighted by Gasteiger charge is -2.26. The van der Waals surface area contributed by atoms with Crippen LogP contribution >= 0.6 is 7.14 Å². The molecule has 0 spiro atoms. The molecule has 110 valence electrons. The molecular formula is C20H19OP. The van der Waals surface area contributed by atoms with Crippen LogP contribution in [0.1, 0.15) is 18.1 Å². The summed E-state index contributed by atoms with van der Waals surface area (Å²) in [7, 11) is -2.74. The van der Waals surface area contributed by atoms with Crippen molar-refractivity contribution in [2.75, 3.05) is 0 Å².